The molecule has 0 atom stereocenters. The topological polar surface area (TPSA) is 141 Å². The van der Waals surface area contributed by atoms with Gasteiger partial charge in [-0.3, -0.25) is 19.9 Å². The monoisotopic (exact) mass is 426 g/mol. The third-order valence-electron chi connectivity index (χ3n) is 3.74. The first-order chi connectivity index (χ1) is 14.4. The molecule has 0 fully saturated rings. The summed E-state index contributed by atoms with van der Waals surface area (Å²) in [5, 5.41) is 14.9. The molecular weight excluding hydrogens is 412 g/mol. The number of nitro groups is 1. The highest BCUT2D eigenvalue weighted by Crippen LogP contribution is 2.26. The van der Waals surface area contributed by atoms with Gasteiger partial charge in [0.2, 0.25) is 0 Å². The second-order valence-corrected chi connectivity index (χ2v) is 7.28. The molecule has 0 saturated heterocycles. The van der Waals surface area contributed by atoms with E-state index in [1.54, 1.807) is 0 Å². The minimum Gasteiger partial charge on any atom is -0.379 e. The highest BCUT2D eigenvalue weighted by molar-refractivity contribution is 7.87. The molecule has 152 valence electrons. The number of nitrogens with one attached hydrogen (secondary N) is 1. The van der Waals surface area contributed by atoms with Gasteiger partial charge in [0.05, 0.1) is 11.1 Å². The number of hydrazone groups is 1. The Balaban J connectivity index is 1.67. The number of aromatic nitrogens is 1. The van der Waals surface area contributed by atoms with Gasteiger partial charge in [0.1, 0.15) is 5.75 Å². The van der Waals surface area contributed by atoms with Gasteiger partial charge >= 0.3 is 10.1 Å². The average molecular weight is 426 g/mol. The summed E-state index contributed by atoms with van der Waals surface area (Å²) in [5.74, 6) is -0.449. The lowest BCUT2D eigenvalue weighted by molar-refractivity contribution is -0.387. The van der Waals surface area contributed by atoms with Gasteiger partial charge in [-0.2, -0.15) is 13.5 Å². The van der Waals surface area contributed by atoms with Gasteiger partial charge in [-0.15, -0.1) is 0 Å². The van der Waals surface area contributed by atoms with E-state index in [2.05, 4.69) is 15.5 Å². The van der Waals surface area contributed by atoms with Crippen molar-refractivity contribution in [1.82, 2.24) is 10.4 Å². The molecule has 1 aromatic heterocycles. The van der Waals surface area contributed by atoms with E-state index >= 15 is 0 Å². The smallest absolute Gasteiger partial charge is 0.346 e. The van der Waals surface area contributed by atoms with Crippen LogP contribution in [0.4, 0.5) is 5.69 Å². The Morgan fingerprint density at radius 2 is 1.73 bits per heavy atom. The van der Waals surface area contributed by atoms with Crippen molar-refractivity contribution in [2.24, 2.45) is 5.10 Å². The van der Waals surface area contributed by atoms with Crippen LogP contribution in [-0.2, 0) is 10.1 Å². The average Bonchev–Trinajstić information content (AvgIpc) is 2.75. The fourth-order valence-electron chi connectivity index (χ4n) is 2.33. The zero-order valence-corrected chi connectivity index (χ0v) is 16.0. The van der Waals surface area contributed by atoms with E-state index in [-0.39, 0.29) is 5.75 Å². The van der Waals surface area contributed by atoms with Crippen LogP contribution in [0.5, 0.6) is 5.75 Å². The van der Waals surface area contributed by atoms with Crippen LogP contribution in [-0.4, -0.2) is 30.4 Å². The summed E-state index contributed by atoms with van der Waals surface area (Å²) >= 11 is 0. The van der Waals surface area contributed by atoms with Crippen LogP contribution in [0.15, 0.2) is 83.1 Å². The molecule has 0 bridgehead atoms. The highest BCUT2D eigenvalue weighted by Gasteiger charge is 2.27. The fourth-order valence-corrected chi connectivity index (χ4v) is 3.43. The van der Waals surface area contributed by atoms with Gasteiger partial charge in [0, 0.05) is 24.0 Å². The molecule has 1 amide bonds. The number of hydrogen-bond donors (Lipinski definition) is 1. The van der Waals surface area contributed by atoms with E-state index in [0.717, 1.165) is 12.1 Å². The lowest BCUT2D eigenvalue weighted by Gasteiger charge is -2.07. The number of carbonyl (C=O) groups excluding carboxylic acids is 1. The Bertz CT molecular complexity index is 1200. The van der Waals surface area contributed by atoms with Crippen LogP contribution in [0.3, 0.4) is 0 Å². The summed E-state index contributed by atoms with van der Waals surface area (Å²) in [7, 11) is -4.40. The minimum atomic E-state index is -4.40. The first kappa shape index (κ1) is 20.6. The third-order valence-corrected chi connectivity index (χ3v) is 5.04. The number of rotatable bonds is 7. The molecule has 2 aromatic carbocycles. The lowest BCUT2D eigenvalue weighted by Crippen LogP contribution is -2.17. The number of nitro benzene ring substituents is 1. The van der Waals surface area contributed by atoms with Crippen LogP contribution >= 0.6 is 0 Å². The first-order valence-electron chi connectivity index (χ1n) is 8.38. The molecule has 0 aliphatic carbocycles. The highest BCUT2D eigenvalue weighted by atomic mass is 32.2. The summed E-state index contributed by atoms with van der Waals surface area (Å²) in [6, 6.07) is 13.7. The SMILES string of the molecule is O=C(NN=Cc1ccc(OS(=O)(=O)c2ccccc2[N+](=O)[O-])cc1)c1ccncc1. The molecular formula is C19H14N4O6S. The maximum Gasteiger partial charge on any atom is 0.346 e. The van der Waals surface area contributed by atoms with Gasteiger partial charge in [-0.1, -0.05) is 12.1 Å². The molecule has 10 nitrogen and oxygen atoms in total. The van der Waals surface area contributed by atoms with E-state index in [1.807, 2.05) is 0 Å². The van der Waals surface area contributed by atoms with E-state index in [0.29, 0.717) is 11.1 Å². The number of pyridine rings is 1. The van der Waals surface area contributed by atoms with Crippen molar-refractivity contribution in [2.45, 2.75) is 4.90 Å². The number of benzene rings is 2. The molecule has 3 rings (SSSR count). The lowest BCUT2D eigenvalue weighted by atomic mass is 10.2. The minimum absolute atomic E-state index is 0.0360. The molecule has 0 saturated carbocycles. The summed E-state index contributed by atoms with van der Waals surface area (Å²) in [5.41, 5.74) is 2.72. The van der Waals surface area contributed by atoms with Gasteiger partial charge in [0.15, 0.2) is 4.90 Å². The van der Waals surface area contributed by atoms with Crippen molar-refractivity contribution in [3.8, 4) is 5.75 Å². The van der Waals surface area contributed by atoms with Crippen molar-refractivity contribution in [3.05, 3.63) is 94.3 Å². The van der Waals surface area contributed by atoms with E-state index in [1.165, 1.54) is 67.1 Å². The van der Waals surface area contributed by atoms with Crippen LogP contribution in [0, 0.1) is 10.1 Å². The molecule has 0 unspecified atom stereocenters. The first-order valence-corrected chi connectivity index (χ1v) is 9.79. The van der Waals surface area contributed by atoms with Gasteiger partial charge in [-0.05, 0) is 48.0 Å². The number of nitrogens with zero attached hydrogens (tertiary/aromatic N) is 3. The molecule has 0 spiro atoms. The maximum atomic E-state index is 12.4. The van der Waals surface area contributed by atoms with Crippen LogP contribution < -0.4 is 9.61 Å². The summed E-state index contributed by atoms with van der Waals surface area (Å²) < 4.78 is 29.8. The maximum absolute atomic E-state index is 12.4. The van der Waals surface area contributed by atoms with Crippen molar-refractivity contribution >= 4 is 27.9 Å². The molecule has 0 aliphatic rings. The Morgan fingerprint density at radius 1 is 1.07 bits per heavy atom. The van der Waals surface area contributed by atoms with Crippen LogP contribution in [0.25, 0.3) is 0 Å². The van der Waals surface area contributed by atoms with Crippen LogP contribution in [0.2, 0.25) is 0 Å². The number of para-hydroxylation sites is 1. The quantitative estimate of drug-likeness (QED) is 0.265. The second-order valence-electron chi connectivity index (χ2n) is 5.77. The molecule has 1 heterocycles. The van der Waals surface area contributed by atoms with E-state index in [9.17, 15) is 23.3 Å². The predicted molar refractivity (Wildman–Crippen MR) is 107 cm³/mol. The largest absolute Gasteiger partial charge is 0.379 e. The number of carbonyl (C=O) groups is 1. The van der Waals surface area contributed by atoms with E-state index < -0.39 is 31.5 Å². The second kappa shape index (κ2) is 8.92. The third kappa shape index (κ3) is 5.02. The molecule has 3 aromatic rings. The van der Waals surface area contributed by atoms with Crippen molar-refractivity contribution in [1.29, 1.82) is 0 Å². The molecule has 0 aliphatic heterocycles. The number of hydrogen-bond acceptors (Lipinski definition) is 8. The predicted octanol–water partition coefficient (Wildman–Crippen LogP) is 2.52. The Kier molecular flexibility index (Phi) is 6.13. The molecule has 0 radical (unpaired) electrons. The summed E-state index contributed by atoms with van der Waals surface area (Å²) in [4.78, 5) is 25.4. The Morgan fingerprint density at radius 3 is 2.40 bits per heavy atom. The van der Waals surface area contributed by atoms with E-state index in [4.69, 9.17) is 4.18 Å². The Labute approximate surface area is 171 Å². The standard InChI is InChI=1S/C19H14N4O6S/c24-19(15-9-11-20-12-10-15)22-21-13-14-5-7-16(8-6-14)29-30(27,28)18-4-2-1-3-17(18)23(25)26/h1-13H,(H,22,24). The zero-order chi connectivity index (χ0) is 21.6. The molecule has 30 heavy (non-hydrogen) atoms. The summed E-state index contributed by atoms with van der Waals surface area (Å²) in [6.07, 6.45) is 4.32. The summed E-state index contributed by atoms with van der Waals surface area (Å²) in [6.45, 7) is 0. The van der Waals surface area contributed by atoms with Gasteiger partial charge < -0.3 is 4.18 Å². The van der Waals surface area contributed by atoms with Crippen LogP contribution in [0.1, 0.15) is 15.9 Å². The van der Waals surface area contributed by atoms with Crippen molar-refractivity contribution in [2.75, 3.05) is 0 Å². The number of amides is 1. The van der Waals surface area contributed by atoms with Crippen molar-refractivity contribution in [3.63, 3.8) is 0 Å². The van der Waals surface area contributed by atoms with Crippen molar-refractivity contribution < 1.29 is 22.3 Å². The Hall–Kier alpha value is -4.12. The normalized spacial score (nSPS) is 11.2. The fraction of sp³-hybridized carbons (Fsp3) is 0. The molecule has 1 N–H and O–H groups in total. The molecule has 11 heteroatoms. The van der Waals surface area contributed by atoms with Gasteiger partial charge in [0.25, 0.3) is 11.6 Å². The van der Waals surface area contributed by atoms with Gasteiger partial charge in [-0.25, -0.2) is 5.43 Å². The zero-order valence-electron chi connectivity index (χ0n) is 15.2.